The van der Waals surface area contributed by atoms with Gasteiger partial charge in [0.2, 0.25) is 5.91 Å². The molecule has 32 heavy (non-hydrogen) atoms. The molecule has 2 amide bonds. The third-order valence-electron chi connectivity index (χ3n) is 4.64. The lowest BCUT2D eigenvalue weighted by Gasteiger charge is -2.13. The Kier molecular flexibility index (Phi) is 7.26. The Hall–Kier alpha value is -3.66. The minimum absolute atomic E-state index is 0.0629. The van der Waals surface area contributed by atoms with Crippen LogP contribution in [0.1, 0.15) is 45.1 Å². The molecule has 166 valence electrons. The van der Waals surface area contributed by atoms with E-state index in [1.54, 1.807) is 35.9 Å². The average Bonchev–Trinajstić information content (AvgIpc) is 3.13. The largest absolute Gasteiger partial charge is 0.478 e. The first-order valence-corrected chi connectivity index (χ1v) is 10.8. The summed E-state index contributed by atoms with van der Waals surface area (Å²) >= 11 is 1.19. The van der Waals surface area contributed by atoms with Crippen molar-refractivity contribution in [2.75, 3.05) is 11.1 Å². The van der Waals surface area contributed by atoms with Crippen molar-refractivity contribution in [1.29, 1.82) is 0 Å². The normalized spacial score (nSPS) is 11.6. The number of anilines is 1. The number of aryl methyl sites for hydroxylation is 1. The number of hydrogen-bond acceptors (Lipinski definition) is 6. The number of aromatic nitrogens is 3. The van der Waals surface area contributed by atoms with Crippen molar-refractivity contribution in [2.24, 2.45) is 7.05 Å². The Morgan fingerprint density at radius 3 is 2.50 bits per heavy atom. The fourth-order valence-corrected chi connectivity index (χ4v) is 3.65. The van der Waals surface area contributed by atoms with Crippen molar-refractivity contribution in [3.05, 3.63) is 71.0 Å². The van der Waals surface area contributed by atoms with Crippen molar-refractivity contribution in [3.63, 3.8) is 0 Å². The summed E-state index contributed by atoms with van der Waals surface area (Å²) in [6.45, 7) is 3.77. The zero-order valence-electron chi connectivity index (χ0n) is 17.8. The van der Waals surface area contributed by atoms with Crippen LogP contribution in [0.25, 0.3) is 0 Å². The van der Waals surface area contributed by atoms with Crippen molar-refractivity contribution < 1.29 is 19.5 Å². The zero-order chi connectivity index (χ0) is 23.3. The molecule has 2 aromatic carbocycles. The summed E-state index contributed by atoms with van der Waals surface area (Å²) in [6.07, 6.45) is 0. The van der Waals surface area contributed by atoms with E-state index < -0.39 is 5.97 Å². The summed E-state index contributed by atoms with van der Waals surface area (Å²) in [5, 5.41) is 23.4. The number of nitrogens with one attached hydrogen (secondary N) is 2. The highest BCUT2D eigenvalue weighted by Gasteiger charge is 2.19. The monoisotopic (exact) mass is 453 g/mol. The molecule has 0 aliphatic rings. The van der Waals surface area contributed by atoms with Gasteiger partial charge in [-0.3, -0.25) is 9.59 Å². The first kappa shape index (κ1) is 23.0. The molecule has 9 nitrogen and oxygen atoms in total. The number of carboxylic acid groups (broad SMARTS) is 1. The van der Waals surface area contributed by atoms with Gasteiger partial charge in [-0.2, -0.15) is 0 Å². The Balaban J connectivity index is 1.57. The molecule has 1 unspecified atom stereocenters. The van der Waals surface area contributed by atoms with Crippen LogP contribution in [-0.4, -0.2) is 43.4 Å². The van der Waals surface area contributed by atoms with Crippen molar-refractivity contribution in [2.45, 2.75) is 25.0 Å². The van der Waals surface area contributed by atoms with Gasteiger partial charge < -0.3 is 20.3 Å². The molecule has 10 heteroatoms. The standard InChI is InChI=1S/C22H23N5O4S/c1-13-7-9-15(10-8-13)20(29)23-14(2)19-25-26-22(27(19)3)32-12-18(28)24-17-6-4-5-16(11-17)21(30)31/h4-11,14H,12H2,1-3H3,(H,23,29)(H,24,28)(H,30,31). The lowest BCUT2D eigenvalue weighted by molar-refractivity contribution is -0.113. The second-order valence-electron chi connectivity index (χ2n) is 7.18. The van der Waals surface area contributed by atoms with E-state index >= 15 is 0 Å². The summed E-state index contributed by atoms with van der Waals surface area (Å²) in [4.78, 5) is 35.7. The van der Waals surface area contributed by atoms with E-state index in [0.717, 1.165) is 5.56 Å². The SMILES string of the molecule is Cc1ccc(C(=O)NC(C)c2nnc(SCC(=O)Nc3cccc(C(=O)O)c3)n2C)cc1. The number of carboxylic acids is 1. The molecule has 0 fully saturated rings. The fraction of sp³-hybridized carbons (Fsp3) is 0.227. The highest BCUT2D eigenvalue weighted by Crippen LogP contribution is 2.20. The van der Waals surface area contributed by atoms with Crippen LogP contribution >= 0.6 is 11.8 Å². The van der Waals surface area contributed by atoms with Crippen molar-refractivity contribution in [3.8, 4) is 0 Å². The second-order valence-corrected chi connectivity index (χ2v) is 8.13. The Morgan fingerprint density at radius 2 is 1.81 bits per heavy atom. The van der Waals surface area contributed by atoms with E-state index in [9.17, 15) is 14.4 Å². The maximum atomic E-state index is 12.4. The number of thioether (sulfide) groups is 1. The summed E-state index contributed by atoms with van der Waals surface area (Å²) < 4.78 is 1.73. The molecule has 0 bridgehead atoms. The van der Waals surface area contributed by atoms with E-state index in [1.165, 1.54) is 23.9 Å². The van der Waals surface area contributed by atoms with Gasteiger partial charge in [0, 0.05) is 18.3 Å². The molecular weight excluding hydrogens is 430 g/mol. The summed E-state index contributed by atoms with van der Waals surface area (Å²) in [7, 11) is 1.76. The summed E-state index contributed by atoms with van der Waals surface area (Å²) in [5.74, 6) is -0.957. The molecule has 3 N–H and O–H groups in total. The van der Waals surface area contributed by atoms with Gasteiger partial charge in [-0.25, -0.2) is 4.79 Å². The minimum atomic E-state index is -1.06. The second kappa shape index (κ2) is 10.1. The molecule has 1 atom stereocenters. The molecule has 0 saturated heterocycles. The number of carbonyl (C=O) groups excluding carboxylic acids is 2. The van der Waals surface area contributed by atoms with Crippen LogP contribution < -0.4 is 10.6 Å². The first-order chi connectivity index (χ1) is 15.2. The van der Waals surface area contributed by atoms with E-state index in [2.05, 4.69) is 20.8 Å². The lowest BCUT2D eigenvalue weighted by Crippen LogP contribution is -2.28. The van der Waals surface area contributed by atoms with Crippen LogP contribution in [0.4, 0.5) is 5.69 Å². The topological polar surface area (TPSA) is 126 Å². The quantitative estimate of drug-likeness (QED) is 0.448. The third-order valence-corrected chi connectivity index (χ3v) is 5.66. The fourth-order valence-electron chi connectivity index (χ4n) is 2.94. The smallest absolute Gasteiger partial charge is 0.335 e. The van der Waals surface area contributed by atoms with E-state index in [1.807, 2.05) is 26.0 Å². The Morgan fingerprint density at radius 1 is 1.09 bits per heavy atom. The molecule has 0 saturated carbocycles. The molecule has 0 radical (unpaired) electrons. The molecule has 0 aliphatic carbocycles. The molecule has 1 heterocycles. The van der Waals surface area contributed by atoms with Crippen LogP contribution in [-0.2, 0) is 11.8 Å². The number of rotatable bonds is 8. The number of aromatic carboxylic acids is 1. The van der Waals surface area contributed by atoms with Crippen LogP contribution in [0.2, 0.25) is 0 Å². The van der Waals surface area contributed by atoms with Gasteiger partial charge in [-0.05, 0) is 44.2 Å². The number of carbonyl (C=O) groups is 3. The lowest BCUT2D eigenvalue weighted by atomic mass is 10.1. The number of amides is 2. The number of hydrogen-bond donors (Lipinski definition) is 3. The highest BCUT2D eigenvalue weighted by molar-refractivity contribution is 7.99. The third kappa shape index (κ3) is 5.73. The average molecular weight is 454 g/mol. The van der Waals surface area contributed by atoms with Crippen LogP contribution in [0.5, 0.6) is 0 Å². The van der Waals surface area contributed by atoms with Crippen molar-refractivity contribution >= 4 is 35.2 Å². The molecular formula is C22H23N5O4S. The van der Waals surface area contributed by atoms with Crippen LogP contribution in [0.3, 0.4) is 0 Å². The van der Waals surface area contributed by atoms with Gasteiger partial charge >= 0.3 is 5.97 Å². The van der Waals surface area contributed by atoms with Crippen LogP contribution in [0, 0.1) is 6.92 Å². The highest BCUT2D eigenvalue weighted by atomic mass is 32.2. The molecule has 1 aromatic heterocycles. The van der Waals surface area contributed by atoms with Gasteiger partial charge in [0.05, 0.1) is 17.4 Å². The van der Waals surface area contributed by atoms with Crippen molar-refractivity contribution in [1.82, 2.24) is 20.1 Å². The van der Waals surface area contributed by atoms with Gasteiger partial charge in [0.25, 0.3) is 5.91 Å². The number of benzene rings is 2. The van der Waals surface area contributed by atoms with Gasteiger partial charge in [-0.15, -0.1) is 10.2 Å². The van der Waals surface area contributed by atoms with E-state index in [-0.39, 0.29) is 29.2 Å². The van der Waals surface area contributed by atoms with E-state index in [0.29, 0.717) is 22.2 Å². The predicted octanol–water partition coefficient (Wildman–Crippen LogP) is 3.04. The minimum Gasteiger partial charge on any atom is -0.478 e. The zero-order valence-corrected chi connectivity index (χ0v) is 18.6. The predicted molar refractivity (Wildman–Crippen MR) is 121 cm³/mol. The summed E-state index contributed by atoms with van der Waals surface area (Å²) in [5.41, 5.74) is 2.13. The Labute approximate surface area is 189 Å². The first-order valence-electron chi connectivity index (χ1n) is 9.77. The maximum absolute atomic E-state index is 12.4. The van der Waals surface area contributed by atoms with Gasteiger partial charge in [0.15, 0.2) is 11.0 Å². The molecule has 3 rings (SSSR count). The summed E-state index contributed by atoms with van der Waals surface area (Å²) in [6, 6.07) is 12.9. The maximum Gasteiger partial charge on any atom is 0.335 e. The van der Waals surface area contributed by atoms with E-state index in [4.69, 9.17) is 5.11 Å². The van der Waals surface area contributed by atoms with Gasteiger partial charge in [0.1, 0.15) is 0 Å². The Bertz CT molecular complexity index is 1140. The molecule has 0 aliphatic heterocycles. The van der Waals surface area contributed by atoms with Crippen LogP contribution in [0.15, 0.2) is 53.7 Å². The number of nitrogens with zero attached hydrogens (tertiary/aromatic N) is 3. The molecule has 0 spiro atoms. The van der Waals surface area contributed by atoms with Gasteiger partial charge in [-0.1, -0.05) is 35.5 Å². The molecule has 3 aromatic rings.